The highest BCUT2D eigenvalue weighted by atomic mass is 19.4. The average Bonchev–Trinajstić information content (AvgIpc) is 2.34. The molecule has 3 nitrogen and oxygen atoms in total. The van der Waals surface area contributed by atoms with E-state index in [1.54, 1.807) is 0 Å². The van der Waals surface area contributed by atoms with Crippen LogP contribution in [0.15, 0.2) is 18.2 Å². The van der Waals surface area contributed by atoms with Crippen molar-refractivity contribution in [1.82, 2.24) is 0 Å². The molecule has 0 saturated carbocycles. The molecule has 0 spiro atoms. The molecule has 108 valence electrons. The first kappa shape index (κ1) is 15.6. The first-order valence-corrected chi connectivity index (χ1v) is 6.06. The van der Waals surface area contributed by atoms with Crippen LogP contribution < -0.4 is 15.2 Å². The smallest absolute Gasteiger partial charge is 0.496 e. The van der Waals surface area contributed by atoms with Crippen LogP contribution in [0, 0.1) is 0 Å². The molecule has 1 rings (SSSR count). The van der Waals surface area contributed by atoms with Crippen LogP contribution in [0.1, 0.15) is 37.8 Å². The zero-order valence-corrected chi connectivity index (χ0v) is 11.0. The van der Waals surface area contributed by atoms with E-state index in [0.29, 0.717) is 17.7 Å². The van der Waals surface area contributed by atoms with Gasteiger partial charge in [-0.2, -0.15) is 0 Å². The van der Waals surface area contributed by atoms with Crippen LogP contribution >= 0.6 is 0 Å². The maximum atomic E-state index is 12.2. The van der Waals surface area contributed by atoms with Gasteiger partial charge in [-0.05, 0) is 24.6 Å². The van der Waals surface area contributed by atoms with Crippen LogP contribution in [-0.4, -0.2) is 13.5 Å². The fraction of sp³-hybridized carbons (Fsp3) is 0.538. The van der Waals surface area contributed by atoms with Crippen molar-refractivity contribution in [3.05, 3.63) is 23.8 Å². The fourth-order valence-corrected chi connectivity index (χ4v) is 1.78. The average molecular weight is 277 g/mol. The van der Waals surface area contributed by atoms with Crippen LogP contribution in [0.4, 0.5) is 13.2 Å². The van der Waals surface area contributed by atoms with Crippen LogP contribution in [0.25, 0.3) is 0 Å². The van der Waals surface area contributed by atoms with Gasteiger partial charge in [-0.1, -0.05) is 19.8 Å². The molecule has 0 aromatic heterocycles. The molecule has 0 aliphatic heterocycles. The summed E-state index contributed by atoms with van der Waals surface area (Å²) in [6.45, 7) is 2.02. The number of methoxy groups -OCH3 is 1. The van der Waals surface area contributed by atoms with Crippen molar-refractivity contribution in [3.63, 3.8) is 0 Å². The van der Waals surface area contributed by atoms with Gasteiger partial charge >= 0.3 is 6.36 Å². The molecule has 0 heterocycles. The molecule has 0 aliphatic rings. The van der Waals surface area contributed by atoms with E-state index in [1.165, 1.54) is 25.3 Å². The largest absolute Gasteiger partial charge is 0.573 e. The van der Waals surface area contributed by atoms with Crippen molar-refractivity contribution in [2.45, 2.75) is 38.6 Å². The van der Waals surface area contributed by atoms with E-state index in [1.807, 2.05) is 6.92 Å². The highest BCUT2D eigenvalue weighted by Gasteiger charge is 2.31. The van der Waals surface area contributed by atoms with Crippen molar-refractivity contribution in [2.75, 3.05) is 7.11 Å². The topological polar surface area (TPSA) is 44.5 Å². The number of ether oxygens (including phenoxy) is 2. The van der Waals surface area contributed by atoms with Gasteiger partial charge < -0.3 is 15.2 Å². The van der Waals surface area contributed by atoms with Gasteiger partial charge in [0.2, 0.25) is 0 Å². The number of nitrogens with two attached hydrogens (primary N) is 1. The minimum Gasteiger partial charge on any atom is -0.496 e. The van der Waals surface area contributed by atoms with E-state index in [-0.39, 0.29) is 11.8 Å². The second-order valence-electron chi connectivity index (χ2n) is 4.20. The molecule has 0 fully saturated rings. The molecule has 6 heteroatoms. The molecule has 0 bridgehead atoms. The van der Waals surface area contributed by atoms with E-state index in [9.17, 15) is 13.2 Å². The molecular weight excluding hydrogens is 259 g/mol. The Hall–Kier alpha value is -1.43. The van der Waals surface area contributed by atoms with Gasteiger partial charge in [0.1, 0.15) is 11.5 Å². The second-order valence-corrected chi connectivity index (χ2v) is 4.20. The summed E-state index contributed by atoms with van der Waals surface area (Å²) in [5.41, 5.74) is 6.50. The molecule has 0 unspecified atom stereocenters. The summed E-state index contributed by atoms with van der Waals surface area (Å²) in [6, 6.07) is 3.56. The number of unbranched alkanes of at least 4 members (excludes halogenated alkanes) is 1. The minimum absolute atomic E-state index is 0.282. The summed E-state index contributed by atoms with van der Waals surface area (Å²) >= 11 is 0. The van der Waals surface area contributed by atoms with Gasteiger partial charge in [0.05, 0.1) is 7.11 Å². The van der Waals surface area contributed by atoms with Gasteiger partial charge in [0.25, 0.3) is 0 Å². The Kier molecular flexibility index (Phi) is 5.47. The zero-order chi connectivity index (χ0) is 14.5. The summed E-state index contributed by atoms with van der Waals surface area (Å²) in [5, 5.41) is 0. The second kappa shape index (κ2) is 6.65. The van der Waals surface area contributed by atoms with Gasteiger partial charge in [-0.25, -0.2) is 0 Å². The molecule has 0 radical (unpaired) electrons. The monoisotopic (exact) mass is 277 g/mol. The third-order valence-electron chi connectivity index (χ3n) is 2.70. The number of halogens is 3. The zero-order valence-electron chi connectivity index (χ0n) is 11.0. The number of hydrogen-bond acceptors (Lipinski definition) is 3. The molecule has 0 amide bonds. The van der Waals surface area contributed by atoms with E-state index >= 15 is 0 Å². The van der Waals surface area contributed by atoms with Crippen LogP contribution in [-0.2, 0) is 0 Å². The quantitative estimate of drug-likeness (QED) is 0.860. The predicted octanol–water partition coefficient (Wildman–Crippen LogP) is 3.78. The first-order valence-electron chi connectivity index (χ1n) is 6.06. The summed E-state index contributed by atoms with van der Waals surface area (Å²) in [5.74, 6) is 0.188. The van der Waals surface area contributed by atoms with Crippen molar-refractivity contribution < 1.29 is 22.6 Å². The van der Waals surface area contributed by atoms with Gasteiger partial charge in [-0.3, -0.25) is 0 Å². The minimum atomic E-state index is -4.71. The van der Waals surface area contributed by atoms with E-state index in [0.717, 1.165) is 12.8 Å². The third-order valence-corrected chi connectivity index (χ3v) is 2.70. The van der Waals surface area contributed by atoms with E-state index < -0.39 is 6.36 Å². The standard InChI is InChI=1S/C13H18F3NO2/c1-3-4-5-11(17)10-8-9(19-13(14,15)16)6-7-12(10)18-2/h6-8,11H,3-5,17H2,1-2H3/t11-/m1/s1. The Morgan fingerprint density at radius 3 is 2.53 bits per heavy atom. The molecule has 0 saturated heterocycles. The lowest BCUT2D eigenvalue weighted by Crippen LogP contribution is -2.18. The molecular formula is C13H18F3NO2. The molecule has 1 aromatic carbocycles. The van der Waals surface area contributed by atoms with Gasteiger partial charge in [0.15, 0.2) is 0 Å². The Bertz CT molecular complexity index is 407. The highest BCUT2D eigenvalue weighted by molar-refractivity contribution is 5.42. The van der Waals surface area contributed by atoms with Gasteiger partial charge in [-0.15, -0.1) is 13.2 Å². The van der Waals surface area contributed by atoms with Crippen LogP contribution in [0.5, 0.6) is 11.5 Å². The third kappa shape index (κ3) is 4.98. The fourth-order valence-electron chi connectivity index (χ4n) is 1.78. The summed E-state index contributed by atoms with van der Waals surface area (Å²) in [4.78, 5) is 0. The molecule has 1 aromatic rings. The Labute approximate surface area is 110 Å². The van der Waals surface area contributed by atoms with Crippen LogP contribution in [0.3, 0.4) is 0 Å². The summed E-state index contributed by atoms with van der Waals surface area (Å²) in [7, 11) is 1.45. The lowest BCUT2D eigenvalue weighted by Gasteiger charge is -2.17. The van der Waals surface area contributed by atoms with E-state index in [4.69, 9.17) is 10.5 Å². The van der Waals surface area contributed by atoms with Crippen molar-refractivity contribution >= 4 is 0 Å². The Balaban J connectivity index is 2.95. The lowest BCUT2D eigenvalue weighted by atomic mass is 10.0. The van der Waals surface area contributed by atoms with E-state index in [2.05, 4.69) is 4.74 Å². The molecule has 19 heavy (non-hydrogen) atoms. The molecule has 0 aliphatic carbocycles. The number of alkyl halides is 3. The predicted molar refractivity (Wildman–Crippen MR) is 66.1 cm³/mol. The van der Waals surface area contributed by atoms with Gasteiger partial charge in [0, 0.05) is 11.6 Å². The van der Waals surface area contributed by atoms with Crippen LogP contribution in [0.2, 0.25) is 0 Å². The highest BCUT2D eigenvalue weighted by Crippen LogP contribution is 2.32. The summed E-state index contributed by atoms with van der Waals surface area (Å²) in [6.07, 6.45) is -2.16. The Morgan fingerprint density at radius 2 is 2.00 bits per heavy atom. The number of benzene rings is 1. The first-order chi connectivity index (χ1) is 8.87. The molecule has 1 atom stereocenters. The molecule has 2 N–H and O–H groups in total. The SMILES string of the molecule is CCCC[C@@H](N)c1cc(OC(F)(F)F)ccc1OC. The number of rotatable bonds is 6. The maximum Gasteiger partial charge on any atom is 0.573 e. The number of hydrogen-bond donors (Lipinski definition) is 1. The van der Waals surface area contributed by atoms with Crippen molar-refractivity contribution in [3.8, 4) is 11.5 Å². The van der Waals surface area contributed by atoms with Crippen molar-refractivity contribution in [2.24, 2.45) is 5.73 Å². The summed E-state index contributed by atoms with van der Waals surface area (Å²) < 4.78 is 45.5. The maximum absolute atomic E-state index is 12.2. The van der Waals surface area contributed by atoms with Crippen molar-refractivity contribution in [1.29, 1.82) is 0 Å². The lowest BCUT2D eigenvalue weighted by molar-refractivity contribution is -0.274. The Morgan fingerprint density at radius 1 is 1.32 bits per heavy atom. The normalized spacial score (nSPS) is 13.2.